The quantitative estimate of drug-likeness (QED) is 0.170. The fourth-order valence-corrected chi connectivity index (χ4v) is 6.91. The summed E-state index contributed by atoms with van der Waals surface area (Å²) in [6.07, 6.45) is 0. The van der Waals surface area contributed by atoms with Crippen LogP contribution in [0.4, 0.5) is 0 Å². The summed E-state index contributed by atoms with van der Waals surface area (Å²) in [5.41, 5.74) is 13.4. The monoisotopic (exact) mass is 636 g/mol. The van der Waals surface area contributed by atoms with Crippen LogP contribution in [0.25, 0.3) is 88.8 Å². The van der Waals surface area contributed by atoms with Gasteiger partial charge in [0.2, 0.25) is 0 Å². The lowest BCUT2D eigenvalue weighted by Crippen LogP contribution is -1.96. The molecule has 8 aromatic carbocycles. The first-order chi connectivity index (χ1) is 24.8. The van der Waals surface area contributed by atoms with Gasteiger partial charge in [0, 0.05) is 21.9 Å². The third-order valence-electron chi connectivity index (χ3n) is 9.45. The van der Waals surface area contributed by atoms with Crippen molar-refractivity contribution in [1.29, 1.82) is 0 Å². The van der Waals surface area contributed by atoms with E-state index in [1.165, 1.54) is 27.8 Å². The molecule has 0 saturated heterocycles. The van der Waals surface area contributed by atoms with E-state index in [0.717, 1.165) is 55.2 Å². The predicted octanol–water partition coefficient (Wildman–Crippen LogP) is 12.8. The minimum Gasteiger partial charge on any atom is -0.227 e. The van der Waals surface area contributed by atoms with Gasteiger partial charge < -0.3 is 0 Å². The van der Waals surface area contributed by atoms with E-state index in [2.05, 4.69) is 188 Å². The highest BCUT2D eigenvalue weighted by molar-refractivity contribution is 6.09. The van der Waals surface area contributed by atoms with Crippen molar-refractivity contribution in [2.24, 2.45) is 0 Å². The lowest BCUT2D eigenvalue weighted by molar-refractivity contribution is 1.23. The molecular formula is C48H32N2. The Bertz CT molecular complexity index is 2640. The van der Waals surface area contributed by atoms with E-state index in [-0.39, 0.29) is 0 Å². The number of nitrogens with zero attached hydrogens (tertiary/aromatic N) is 2. The average Bonchev–Trinajstić information content (AvgIpc) is 3.21. The van der Waals surface area contributed by atoms with Gasteiger partial charge in [-0.3, -0.25) is 0 Å². The minimum atomic E-state index is 0.715. The third kappa shape index (κ3) is 5.63. The van der Waals surface area contributed by atoms with Crippen LogP contribution in [0.2, 0.25) is 0 Å². The van der Waals surface area contributed by atoms with Gasteiger partial charge in [0.15, 0.2) is 5.82 Å². The topological polar surface area (TPSA) is 25.8 Å². The molecule has 9 rings (SSSR count). The van der Waals surface area contributed by atoms with Crippen LogP contribution in [0, 0.1) is 0 Å². The normalized spacial score (nSPS) is 11.2. The van der Waals surface area contributed by atoms with Crippen LogP contribution < -0.4 is 0 Å². The standard InChI is InChI=1S/C48H32N2/c1-3-13-33(14-4-1)36-18-9-20-38(29-36)39-21-10-22-40(30-39)41-23-11-24-42(31-41)46-45-28-27-35-17-7-8-26-44(35)47(45)50-48(49-46)43-25-12-19-37(32-43)34-15-5-2-6-16-34/h1-32H. The molecule has 0 aliphatic rings. The van der Waals surface area contributed by atoms with Crippen molar-refractivity contribution in [3.05, 3.63) is 194 Å². The summed E-state index contributed by atoms with van der Waals surface area (Å²) >= 11 is 0. The summed E-state index contributed by atoms with van der Waals surface area (Å²) in [5, 5.41) is 3.32. The maximum atomic E-state index is 5.31. The fraction of sp³-hybridized carbons (Fsp3) is 0. The second-order valence-electron chi connectivity index (χ2n) is 12.6. The summed E-state index contributed by atoms with van der Waals surface area (Å²) in [4.78, 5) is 10.5. The largest absolute Gasteiger partial charge is 0.227 e. The van der Waals surface area contributed by atoms with Gasteiger partial charge in [-0.2, -0.15) is 0 Å². The maximum absolute atomic E-state index is 5.31. The molecule has 234 valence electrons. The first-order valence-corrected chi connectivity index (χ1v) is 17.0. The van der Waals surface area contributed by atoms with Crippen LogP contribution in [-0.4, -0.2) is 9.97 Å². The van der Waals surface area contributed by atoms with Crippen LogP contribution in [0.1, 0.15) is 0 Å². The second-order valence-corrected chi connectivity index (χ2v) is 12.6. The molecule has 0 N–H and O–H groups in total. The highest BCUT2D eigenvalue weighted by atomic mass is 14.9. The molecule has 2 nitrogen and oxygen atoms in total. The molecule has 0 spiro atoms. The van der Waals surface area contributed by atoms with Gasteiger partial charge in [-0.05, 0) is 80.2 Å². The molecule has 0 aliphatic heterocycles. The van der Waals surface area contributed by atoms with Gasteiger partial charge in [0.05, 0.1) is 11.2 Å². The van der Waals surface area contributed by atoms with Gasteiger partial charge >= 0.3 is 0 Å². The van der Waals surface area contributed by atoms with Gasteiger partial charge in [0.25, 0.3) is 0 Å². The number of aromatic nitrogens is 2. The van der Waals surface area contributed by atoms with Crippen molar-refractivity contribution < 1.29 is 0 Å². The van der Waals surface area contributed by atoms with Gasteiger partial charge in [0.1, 0.15) is 0 Å². The van der Waals surface area contributed by atoms with Gasteiger partial charge in [-0.25, -0.2) is 9.97 Å². The lowest BCUT2D eigenvalue weighted by Gasteiger charge is -2.13. The first kappa shape index (κ1) is 29.5. The minimum absolute atomic E-state index is 0.715. The molecule has 1 aromatic heterocycles. The number of benzene rings is 8. The summed E-state index contributed by atoms with van der Waals surface area (Å²) in [5.74, 6) is 0.715. The van der Waals surface area contributed by atoms with Crippen molar-refractivity contribution in [1.82, 2.24) is 9.97 Å². The Morgan fingerprint density at radius 3 is 1.26 bits per heavy atom. The molecule has 50 heavy (non-hydrogen) atoms. The molecule has 2 heteroatoms. The molecule has 0 aliphatic carbocycles. The van der Waals surface area contributed by atoms with Crippen LogP contribution in [0.3, 0.4) is 0 Å². The molecule has 0 saturated carbocycles. The van der Waals surface area contributed by atoms with E-state index in [1.807, 2.05) is 6.07 Å². The van der Waals surface area contributed by atoms with Gasteiger partial charge in [-0.15, -0.1) is 0 Å². The van der Waals surface area contributed by atoms with E-state index in [0.29, 0.717) is 5.82 Å². The smallest absolute Gasteiger partial charge is 0.160 e. The molecule has 1 heterocycles. The molecule has 0 amide bonds. The van der Waals surface area contributed by atoms with Crippen molar-refractivity contribution in [3.63, 3.8) is 0 Å². The third-order valence-corrected chi connectivity index (χ3v) is 9.45. The van der Waals surface area contributed by atoms with E-state index in [1.54, 1.807) is 0 Å². The fourth-order valence-electron chi connectivity index (χ4n) is 6.91. The number of hydrogen-bond donors (Lipinski definition) is 0. The zero-order valence-electron chi connectivity index (χ0n) is 27.4. The number of fused-ring (bicyclic) bond motifs is 3. The Morgan fingerprint density at radius 1 is 0.260 bits per heavy atom. The van der Waals surface area contributed by atoms with Crippen molar-refractivity contribution in [2.75, 3.05) is 0 Å². The molecule has 0 radical (unpaired) electrons. The summed E-state index contributed by atoms with van der Waals surface area (Å²) in [6, 6.07) is 68.7. The van der Waals surface area contributed by atoms with Crippen molar-refractivity contribution in [3.8, 4) is 67.2 Å². The molecule has 9 aromatic rings. The van der Waals surface area contributed by atoms with Crippen molar-refractivity contribution >= 4 is 21.7 Å². The molecular weight excluding hydrogens is 605 g/mol. The first-order valence-electron chi connectivity index (χ1n) is 17.0. The van der Waals surface area contributed by atoms with E-state index in [9.17, 15) is 0 Å². The number of rotatable bonds is 6. The Kier molecular flexibility index (Phi) is 7.53. The highest BCUT2D eigenvalue weighted by Crippen LogP contribution is 2.36. The van der Waals surface area contributed by atoms with E-state index in [4.69, 9.17) is 9.97 Å². The zero-order chi connectivity index (χ0) is 33.3. The lowest BCUT2D eigenvalue weighted by atomic mass is 9.95. The Balaban J connectivity index is 1.16. The summed E-state index contributed by atoms with van der Waals surface area (Å²) in [7, 11) is 0. The zero-order valence-corrected chi connectivity index (χ0v) is 27.4. The molecule has 0 bridgehead atoms. The Hall–Kier alpha value is -6.64. The molecule has 0 unspecified atom stereocenters. The average molecular weight is 637 g/mol. The molecule has 0 fully saturated rings. The van der Waals surface area contributed by atoms with E-state index >= 15 is 0 Å². The highest BCUT2D eigenvalue weighted by Gasteiger charge is 2.15. The maximum Gasteiger partial charge on any atom is 0.160 e. The van der Waals surface area contributed by atoms with Crippen LogP contribution in [-0.2, 0) is 0 Å². The van der Waals surface area contributed by atoms with Crippen LogP contribution >= 0.6 is 0 Å². The van der Waals surface area contributed by atoms with Crippen molar-refractivity contribution in [2.45, 2.75) is 0 Å². The number of hydrogen-bond acceptors (Lipinski definition) is 2. The predicted molar refractivity (Wildman–Crippen MR) is 210 cm³/mol. The van der Waals surface area contributed by atoms with Crippen LogP contribution in [0.15, 0.2) is 194 Å². The summed E-state index contributed by atoms with van der Waals surface area (Å²) in [6.45, 7) is 0. The van der Waals surface area contributed by atoms with Crippen LogP contribution in [0.5, 0.6) is 0 Å². The van der Waals surface area contributed by atoms with Gasteiger partial charge in [-0.1, -0.05) is 164 Å². The van der Waals surface area contributed by atoms with E-state index < -0.39 is 0 Å². The Morgan fingerprint density at radius 2 is 0.680 bits per heavy atom. The SMILES string of the molecule is c1ccc(-c2cccc(-c3cccc(-c4cccc(-c5nc(-c6cccc(-c7ccccc7)c6)nc6c5ccc5ccccc56)c4)c3)c2)cc1. The summed E-state index contributed by atoms with van der Waals surface area (Å²) < 4.78 is 0. The molecule has 0 atom stereocenters. The Labute approximate surface area is 292 Å². The second kappa shape index (κ2) is 12.8.